The van der Waals surface area contributed by atoms with Crippen molar-refractivity contribution in [2.75, 3.05) is 13.2 Å². The topological polar surface area (TPSA) is 97.0 Å². The molecule has 1 aliphatic heterocycles. The molecule has 1 fully saturated rings. The summed E-state index contributed by atoms with van der Waals surface area (Å²) in [5.41, 5.74) is 0.529. The number of benzene rings is 2. The summed E-state index contributed by atoms with van der Waals surface area (Å²) in [5.74, 6) is -0.237. The number of carboxylic acid groups (broad SMARTS) is 1. The van der Waals surface area contributed by atoms with Gasteiger partial charge in [0, 0.05) is 16.7 Å². The molecule has 7 nitrogen and oxygen atoms in total. The Bertz CT molecular complexity index is 1220. The van der Waals surface area contributed by atoms with E-state index in [4.69, 9.17) is 20.8 Å². The van der Waals surface area contributed by atoms with Crippen molar-refractivity contribution in [2.45, 2.75) is 0 Å². The number of thioether (sulfide) groups is 1. The van der Waals surface area contributed by atoms with Gasteiger partial charge in [-0.15, -0.1) is 0 Å². The third-order valence-electron chi connectivity index (χ3n) is 4.59. The maximum atomic E-state index is 12.7. The van der Waals surface area contributed by atoms with Crippen LogP contribution in [0.3, 0.4) is 0 Å². The lowest BCUT2D eigenvalue weighted by molar-refractivity contribution is -0.123. The van der Waals surface area contributed by atoms with E-state index in [2.05, 4.69) is 0 Å². The number of furan rings is 1. The van der Waals surface area contributed by atoms with Gasteiger partial charge in [-0.2, -0.15) is 0 Å². The van der Waals surface area contributed by atoms with Crippen LogP contribution >= 0.6 is 23.4 Å². The van der Waals surface area contributed by atoms with Gasteiger partial charge in [-0.25, -0.2) is 4.79 Å². The molecular weight excluding hydrogens is 454 g/mol. The number of aromatic carboxylic acids is 1. The van der Waals surface area contributed by atoms with Gasteiger partial charge in [0.05, 0.1) is 17.0 Å². The number of hydrogen-bond donors (Lipinski definition) is 1. The van der Waals surface area contributed by atoms with E-state index in [1.165, 1.54) is 12.1 Å². The number of nitrogens with zero attached hydrogens (tertiary/aromatic N) is 1. The molecule has 2 aromatic carbocycles. The monoisotopic (exact) mass is 469 g/mol. The van der Waals surface area contributed by atoms with Crippen LogP contribution in [0.4, 0.5) is 4.79 Å². The molecule has 0 radical (unpaired) electrons. The minimum absolute atomic E-state index is 0.0972. The number of carboxylic acids is 1. The molecule has 0 aliphatic carbocycles. The van der Waals surface area contributed by atoms with Crippen LogP contribution in [-0.4, -0.2) is 40.3 Å². The number of carbonyl (C=O) groups is 3. The van der Waals surface area contributed by atoms with Crippen LogP contribution in [0.1, 0.15) is 16.1 Å². The Kier molecular flexibility index (Phi) is 6.34. The summed E-state index contributed by atoms with van der Waals surface area (Å²) in [7, 11) is 0. The molecule has 1 N–H and O–H groups in total. The number of ether oxygens (including phenoxy) is 1. The fraction of sp³-hybridized carbons (Fsp3) is 0.0870. The SMILES string of the molecule is O=C(O)c1ccccc1-c1ccc(/C=C2\SC(=O)N(CCOc3ccc(Cl)cc3)C2=O)o1. The normalized spacial score (nSPS) is 14.9. The van der Waals surface area contributed by atoms with Crippen LogP contribution in [0, 0.1) is 0 Å². The molecule has 162 valence electrons. The third kappa shape index (κ3) is 4.71. The second-order valence-corrected chi connectivity index (χ2v) is 8.12. The summed E-state index contributed by atoms with van der Waals surface area (Å²) >= 11 is 6.64. The number of imide groups is 1. The molecule has 4 rings (SSSR count). The molecule has 2 amide bonds. The number of hydrogen-bond acceptors (Lipinski definition) is 6. The standard InChI is InChI=1S/C23H16ClNO6S/c24-14-5-7-15(8-6-14)30-12-11-25-21(26)20(32-23(25)29)13-16-9-10-19(31-16)17-3-1-2-4-18(17)22(27)28/h1-10,13H,11-12H2,(H,27,28)/b20-13-. The zero-order valence-electron chi connectivity index (χ0n) is 16.5. The van der Waals surface area contributed by atoms with Crippen molar-refractivity contribution in [3.63, 3.8) is 0 Å². The number of rotatable bonds is 7. The first-order valence-corrected chi connectivity index (χ1v) is 10.7. The molecule has 32 heavy (non-hydrogen) atoms. The van der Waals surface area contributed by atoms with Gasteiger partial charge in [0.15, 0.2) is 0 Å². The average molecular weight is 470 g/mol. The maximum Gasteiger partial charge on any atom is 0.336 e. The summed E-state index contributed by atoms with van der Waals surface area (Å²) < 4.78 is 11.3. The molecule has 1 aliphatic rings. The van der Waals surface area contributed by atoms with E-state index in [1.54, 1.807) is 54.6 Å². The Morgan fingerprint density at radius 1 is 1.09 bits per heavy atom. The molecule has 3 aromatic rings. The van der Waals surface area contributed by atoms with Crippen molar-refractivity contribution in [2.24, 2.45) is 0 Å². The van der Waals surface area contributed by atoms with E-state index in [1.807, 2.05) is 0 Å². The molecule has 0 atom stereocenters. The predicted molar refractivity (Wildman–Crippen MR) is 121 cm³/mol. The third-order valence-corrected chi connectivity index (χ3v) is 5.75. The lowest BCUT2D eigenvalue weighted by Crippen LogP contribution is -2.32. The molecule has 9 heteroatoms. The molecule has 0 spiro atoms. The highest BCUT2D eigenvalue weighted by molar-refractivity contribution is 8.18. The fourth-order valence-electron chi connectivity index (χ4n) is 3.07. The van der Waals surface area contributed by atoms with Crippen LogP contribution in [0.5, 0.6) is 5.75 Å². The number of halogens is 1. The van der Waals surface area contributed by atoms with Gasteiger partial charge in [-0.05, 0) is 54.2 Å². The Balaban J connectivity index is 1.44. The molecule has 1 saturated heterocycles. The molecular formula is C23H16ClNO6S. The van der Waals surface area contributed by atoms with Gasteiger partial charge in [0.25, 0.3) is 11.1 Å². The van der Waals surface area contributed by atoms with Crippen molar-refractivity contribution in [1.82, 2.24) is 4.90 Å². The van der Waals surface area contributed by atoms with Gasteiger partial charge in [0.2, 0.25) is 0 Å². The average Bonchev–Trinajstić information content (AvgIpc) is 3.35. The van der Waals surface area contributed by atoms with Gasteiger partial charge in [-0.3, -0.25) is 14.5 Å². The van der Waals surface area contributed by atoms with Crippen molar-refractivity contribution >= 4 is 46.6 Å². The highest BCUT2D eigenvalue weighted by atomic mass is 35.5. The Labute approximate surface area is 192 Å². The first-order valence-electron chi connectivity index (χ1n) is 9.48. The van der Waals surface area contributed by atoms with Gasteiger partial charge < -0.3 is 14.3 Å². The van der Waals surface area contributed by atoms with E-state index in [0.29, 0.717) is 27.9 Å². The van der Waals surface area contributed by atoms with E-state index in [-0.39, 0.29) is 23.6 Å². The highest BCUT2D eigenvalue weighted by Crippen LogP contribution is 2.33. The minimum Gasteiger partial charge on any atom is -0.492 e. The van der Waals surface area contributed by atoms with Crippen LogP contribution in [0.15, 0.2) is 70.0 Å². The predicted octanol–water partition coefficient (Wildman–Crippen LogP) is 5.41. The molecule has 0 unspecified atom stereocenters. The lowest BCUT2D eigenvalue weighted by atomic mass is 10.1. The van der Waals surface area contributed by atoms with Crippen LogP contribution in [-0.2, 0) is 4.79 Å². The van der Waals surface area contributed by atoms with Gasteiger partial charge in [-0.1, -0.05) is 29.8 Å². The van der Waals surface area contributed by atoms with E-state index in [9.17, 15) is 19.5 Å². The highest BCUT2D eigenvalue weighted by Gasteiger charge is 2.35. The second-order valence-electron chi connectivity index (χ2n) is 6.69. The number of carbonyl (C=O) groups excluding carboxylic acids is 2. The van der Waals surface area contributed by atoms with Gasteiger partial charge in [0.1, 0.15) is 23.9 Å². The first-order chi connectivity index (χ1) is 15.4. The summed E-state index contributed by atoms with van der Waals surface area (Å²) in [5, 5.41) is 9.54. The van der Waals surface area contributed by atoms with E-state index in [0.717, 1.165) is 16.7 Å². The molecule has 2 heterocycles. The Morgan fingerprint density at radius 3 is 2.59 bits per heavy atom. The second kappa shape index (κ2) is 9.33. The summed E-state index contributed by atoms with van der Waals surface area (Å²) in [6.07, 6.45) is 1.47. The number of amides is 2. The summed E-state index contributed by atoms with van der Waals surface area (Å²) in [6, 6.07) is 16.5. The molecule has 0 saturated carbocycles. The summed E-state index contributed by atoms with van der Waals surface area (Å²) in [6.45, 7) is 0.240. The van der Waals surface area contributed by atoms with Crippen molar-refractivity contribution in [3.05, 3.63) is 81.9 Å². The zero-order chi connectivity index (χ0) is 22.7. The molecule has 1 aromatic heterocycles. The first kappa shape index (κ1) is 21.7. The molecule has 0 bridgehead atoms. The van der Waals surface area contributed by atoms with Gasteiger partial charge >= 0.3 is 5.97 Å². The van der Waals surface area contributed by atoms with Crippen molar-refractivity contribution in [1.29, 1.82) is 0 Å². The van der Waals surface area contributed by atoms with E-state index >= 15 is 0 Å². The van der Waals surface area contributed by atoms with Crippen LogP contribution in [0.2, 0.25) is 5.02 Å². The lowest BCUT2D eigenvalue weighted by Gasteiger charge is -2.13. The smallest absolute Gasteiger partial charge is 0.336 e. The van der Waals surface area contributed by atoms with E-state index < -0.39 is 17.1 Å². The van der Waals surface area contributed by atoms with Crippen LogP contribution in [0.25, 0.3) is 17.4 Å². The van der Waals surface area contributed by atoms with Crippen LogP contribution < -0.4 is 4.74 Å². The maximum absolute atomic E-state index is 12.7. The Hall–Kier alpha value is -3.49. The van der Waals surface area contributed by atoms with Crippen molar-refractivity contribution in [3.8, 4) is 17.1 Å². The quantitative estimate of drug-likeness (QED) is 0.462. The zero-order valence-corrected chi connectivity index (χ0v) is 18.1. The largest absolute Gasteiger partial charge is 0.492 e. The van der Waals surface area contributed by atoms with Crippen molar-refractivity contribution < 1.29 is 28.6 Å². The fourth-order valence-corrected chi connectivity index (χ4v) is 4.04. The minimum atomic E-state index is -1.07. The summed E-state index contributed by atoms with van der Waals surface area (Å²) in [4.78, 5) is 37.7. The Morgan fingerprint density at radius 2 is 1.84 bits per heavy atom.